The van der Waals surface area contributed by atoms with Gasteiger partial charge in [0.25, 0.3) is 5.56 Å². The van der Waals surface area contributed by atoms with E-state index in [0.29, 0.717) is 35.1 Å². The molecule has 0 fully saturated rings. The minimum absolute atomic E-state index is 0.101. The Morgan fingerprint density at radius 3 is 2.92 bits per heavy atom. The van der Waals surface area contributed by atoms with E-state index in [1.165, 1.54) is 23.1 Å². The van der Waals surface area contributed by atoms with Crippen molar-refractivity contribution in [1.82, 2.24) is 14.9 Å². The zero-order chi connectivity index (χ0) is 18.4. The molecule has 0 saturated heterocycles. The summed E-state index contributed by atoms with van der Waals surface area (Å²) in [6, 6.07) is 1.97. The Balaban J connectivity index is 2.29. The van der Waals surface area contributed by atoms with Gasteiger partial charge in [-0.05, 0) is 19.4 Å². The molecule has 7 nitrogen and oxygen atoms in total. The molecule has 0 aliphatic rings. The zero-order valence-corrected chi connectivity index (χ0v) is 16.1. The van der Waals surface area contributed by atoms with Crippen LogP contribution in [0.1, 0.15) is 16.9 Å². The van der Waals surface area contributed by atoms with Crippen molar-refractivity contribution in [2.24, 2.45) is 0 Å². The minimum atomic E-state index is -0.188. The number of carbonyl (C=O) groups excluding carboxylic acids is 1. The molecule has 25 heavy (non-hydrogen) atoms. The maximum Gasteiger partial charge on any atom is 0.263 e. The lowest BCUT2D eigenvalue weighted by Gasteiger charge is -2.11. The van der Waals surface area contributed by atoms with E-state index < -0.39 is 0 Å². The lowest BCUT2D eigenvalue weighted by Crippen LogP contribution is -2.28. The first-order chi connectivity index (χ1) is 12.0. The summed E-state index contributed by atoms with van der Waals surface area (Å²) in [6.45, 7) is 4.98. The number of ether oxygens (including phenoxy) is 1. The third-order valence-electron chi connectivity index (χ3n) is 3.66. The van der Waals surface area contributed by atoms with Crippen molar-refractivity contribution < 1.29 is 9.53 Å². The van der Waals surface area contributed by atoms with E-state index in [2.05, 4.69) is 10.3 Å². The number of nitrogens with one attached hydrogen (secondary N) is 1. The Labute approximate surface area is 154 Å². The van der Waals surface area contributed by atoms with Crippen LogP contribution in [0, 0.1) is 25.2 Å². The number of carbonyl (C=O) groups is 1. The van der Waals surface area contributed by atoms with Crippen LogP contribution in [0.4, 0.5) is 0 Å². The van der Waals surface area contributed by atoms with Gasteiger partial charge in [-0.25, -0.2) is 4.98 Å². The van der Waals surface area contributed by atoms with Crippen molar-refractivity contribution in [3.63, 3.8) is 0 Å². The highest BCUT2D eigenvalue weighted by molar-refractivity contribution is 7.99. The van der Waals surface area contributed by atoms with Crippen LogP contribution in [-0.4, -0.2) is 41.5 Å². The van der Waals surface area contributed by atoms with Gasteiger partial charge in [0.1, 0.15) is 4.83 Å². The molecule has 0 radical (unpaired) electrons. The Morgan fingerprint density at radius 1 is 1.48 bits per heavy atom. The minimum Gasteiger partial charge on any atom is -0.383 e. The Morgan fingerprint density at radius 2 is 2.24 bits per heavy atom. The van der Waals surface area contributed by atoms with E-state index in [0.717, 1.165) is 10.4 Å². The molecule has 134 valence electrons. The number of nitriles is 1. The Bertz CT molecular complexity index is 867. The van der Waals surface area contributed by atoms with Crippen molar-refractivity contribution in [1.29, 1.82) is 5.26 Å². The maximum atomic E-state index is 12.9. The van der Waals surface area contributed by atoms with E-state index in [4.69, 9.17) is 10.00 Å². The van der Waals surface area contributed by atoms with Gasteiger partial charge < -0.3 is 10.1 Å². The van der Waals surface area contributed by atoms with Gasteiger partial charge in [-0.2, -0.15) is 5.26 Å². The number of amides is 1. The molecule has 2 rings (SSSR count). The monoisotopic (exact) mass is 380 g/mol. The smallest absolute Gasteiger partial charge is 0.263 e. The predicted octanol–water partition coefficient (Wildman–Crippen LogP) is 1.84. The van der Waals surface area contributed by atoms with E-state index in [-0.39, 0.29) is 23.6 Å². The molecule has 9 heteroatoms. The topological polar surface area (TPSA) is 97.0 Å². The second-order valence-electron chi connectivity index (χ2n) is 5.35. The molecule has 0 aromatic carbocycles. The summed E-state index contributed by atoms with van der Waals surface area (Å²) in [6.07, 6.45) is 0.271. The first-order valence-corrected chi connectivity index (χ1v) is 9.55. The first-order valence-electron chi connectivity index (χ1n) is 7.75. The molecule has 0 saturated carbocycles. The number of aryl methyl sites for hydroxylation is 2. The molecule has 0 aliphatic carbocycles. The van der Waals surface area contributed by atoms with Gasteiger partial charge in [0.2, 0.25) is 5.91 Å². The number of nitrogens with zero attached hydrogens (tertiary/aromatic N) is 3. The number of thiophene rings is 1. The average molecular weight is 380 g/mol. The highest BCUT2D eigenvalue weighted by Gasteiger charge is 2.17. The summed E-state index contributed by atoms with van der Waals surface area (Å²) in [5, 5.41) is 12.3. The van der Waals surface area contributed by atoms with Crippen molar-refractivity contribution in [2.45, 2.75) is 32.0 Å². The Kier molecular flexibility index (Phi) is 6.99. The summed E-state index contributed by atoms with van der Waals surface area (Å²) in [5.74, 6) is -0.0499. The van der Waals surface area contributed by atoms with E-state index in [1.807, 2.05) is 19.9 Å². The zero-order valence-electron chi connectivity index (χ0n) is 14.4. The average Bonchev–Trinajstić information content (AvgIpc) is 2.87. The van der Waals surface area contributed by atoms with Crippen molar-refractivity contribution >= 4 is 39.2 Å². The second-order valence-corrected chi connectivity index (χ2v) is 7.50. The van der Waals surface area contributed by atoms with Crippen LogP contribution in [0.2, 0.25) is 0 Å². The molecule has 0 bridgehead atoms. The SMILES string of the molecule is COCCn1c(SCC(=O)NCCC#N)nc2sc(C)c(C)c2c1=O. The van der Waals surface area contributed by atoms with Crippen LogP contribution in [0.5, 0.6) is 0 Å². The van der Waals surface area contributed by atoms with Crippen LogP contribution in [0.3, 0.4) is 0 Å². The van der Waals surface area contributed by atoms with Gasteiger partial charge in [-0.3, -0.25) is 14.2 Å². The number of hydrogen-bond donors (Lipinski definition) is 1. The van der Waals surface area contributed by atoms with Crippen LogP contribution < -0.4 is 10.9 Å². The molecule has 2 aromatic heterocycles. The van der Waals surface area contributed by atoms with E-state index in [1.54, 1.807) is 11.7 Å². The molecule has 0 unspecified atom stereocenters. The fourth-order valence-corrected chi connectivity index (χ4v) is 4.16. The van der Waals surface area contributed by atoms with E-state index >= 15 is 0 Å². The molecule has 0 aliphatic heterocycles. The Hall–Kier alpha value is -1.89. The summed E-state index contributed by atoms with van der Waals surface area (Å²) in [7, 11) is 1.58. The molecule has 0 spiro atoms. The largest absolute Gasteiger partial charge is 0.383 e. The number of fused-ring (bicyclic) bond motifs is 1. The first kappa shape index (κ1) is 19.4. The maximum absolute atomic E-state index is 12.9. The standard InChI is InChI=1S/C16H20N4O3S2/c1-10-11(2)25-14-13(10)15(22)20(7-8-23-3)16(19-14)24-9-12(21)18-6-4-5-17/h4,6-9H2,1-3H3,(H,18,21). The van der Waals surface area contributed by atoms with Crippen molar-refractivity contribution in [3.05, 3.63) is 20.8 Å². The molecule has 0 atom stereocenters. The van der Waals surface area contributed by atoms with Crippen LogP contribution in [0.15, 0.2) is 9.95 Å². The number of aromatic nitrogens is 2. The van der Waals surface area contributed by atoms with Crippen molar-refractivity contribution in [2.75, 3.05) is 26.0 Å². The molecule has 1 amide bonds. The number of rotatable bonds is 8. The van der Waals surface area contributed by atoms with Gasteiger partial charge in [0.05, 0.1) is 36.8 Å². The molecule has 2 heterocycles. The van der Waals surface area contributed by atoms with Gasteiger partial charge in [-0.1, -0.05) is 11.8 Å². The second kappa shape index (κ2) is 8.99. The van der Waals surface area contributed by atoms with Gasteiger partial charge >= 0.3 is 0 Å². The van der Waals surface area contributed by atoms with Gasteiger partial charge in [0.15, 0.2) is 5.16 Å². The number of hydrogen-bond acceptors (Lipinski definition) is 7. The lowest BCUT2D eigenvalue weighted by molar-refractivity contribution is -0.118. The highest BCUT2D eigenvalue weighted by Crippen LogP contribution is 2.28. The normalized spacial score (nSPS) is 10.8. The number of thioether (sulfide) groups is 1. The van der Waals surface area contributed by atoms with Crippen LogP contribution in [-0.2, 0) is 16.1 Å². The quantitative estimate of drug-likeness (QED) is 0.426. The van der Waals surface area contributed by atoms with Gasteiger partial charge in [-0.15, -0.1) is 11.3 Å². The molecular weight excluding hydrogens is 360 g/mol. The molecule has 2 aromatic rings. The summed E-state index contributed by atoms with van der Waals surface area (Å²) >= 11 is 2.70. The third kappa shape index (κ3) is 4.60. The highest BCUT2D eigenvalue weighted by atomic mass is 32.2. The summed E-state index contributed by atoms with van der Waals surface area (Å²) in [5.41, 5.74) is 0.853. The van der Waals surface area contributed by atoms with E-state index in [9.17, 15) is 9.59 Å². The fraction of sp³-hybridized carbons (Fsp3) is 0.500. The van der Waals surface area contributed by atoms with Crippen molar-refractivity contribution in [3.8, 4) is 6.07 Å². The summed E-state index contributed by atoms with van der Waals surface area (Å²) < 4.78 is 6.66. The number of methoxy groups -OCH3 is 1. The lowest BCUT2D eigenvalue weighted by atomic mass is 10.2. The van der Waals surface area contributed by atoms with Crippen LogP contribution in [0.25, 0.3) is 10.2 Å². The fourth-order valence-electron chi connectivity index (χ4n) is 2.24. The third-order valence-corrected chi connectivity index (χ3v) is 5.74. The predicted molar refractivity (Wildman–Crippen MR) is 99.2 cm³/mol. The molecular formula is C16H20N4O3S2. The van der Waals surface area contributed by atoms with Crippen LogP contribution >= 0.6 is 23.1 Å². The summed E-state index contributed by atoms with van der Waals surface area (Å²) in [4.78, 5) is 31.1. The van der Waals surface area contributed by atoms with Gasteiger partial charge in [0, 0.05) is 18.5 Å². The molecule has 1 N–H and O–H groups in total.